The van der Waals surface area contributed by atoms with Gasteiger partial charge >= 0.3 is 0 Å². The van der Waals surface area contributed by atoms with Crippen LogP contribution in [-0.2, 0) is 0 Å². The molecule has 1 aliphatic rings. The molecule has 4 N–H and O–H groups in total. The van der Waals surface area contributed by atoms with E-state index < -0.39 is 0 Å². The molecule has 1 aliphatic carbocycles. The minimum absolute atomic E-state index is 0. The number of nitrogens with two attached hydrogens (primary N) is 2. The summed E-state index contributed by atoms with van der Waals surface area (Å²) in [5, 5.41) is 0. The molecule has 0 aromatic carbocycles. The highest BCUT2D eigenvalue weighted by molar-refractivity contribution is 7.59. The zero-order valence-corrected chi connectivity index (χ0v) is 8.76. The summed E-state index contributed by atoms with van der Waals surface area (Å²) in [6.07, 6.45) is 8.15. The molecule has 0 aromatic heterocycles. The summed E-state index contributed by atoms with van der Waals surface area (Å²) in [6.45, 7) is 0.649. The van der Waals surface area contributed by atoms with Crippen LogP contribution in [-0.4, -0.2) is 12.6 Å². The van der Waals surface area contributed by atoms with Crippen molar-refractivity contribution in [2.24, 2.45) is 17.4 Å². The number of hydrogen-bond donors (Lipinski definition) is 2. The Morgan fingerprint density at radius 1 is 1.17 bits per heavy atom. The molecule has 1 saturated carbocycles. The molecule has 12 heavy (non-hydrogen) atoms. The van der Waals surface area contributed by atoms with E-state index >= 15 is 0 Å². The lowest BCUT2D eigenvalue weighted by Crippen LogP contribution is -2.32. The minimum Gasteiger partial charge on any atom is -0.329 e. The van der Waals surface area contributed by atoms with Crippen LogP contribution in [0.2, 0.25) is 0 Å². The largest absolute Gasteiger partial charge is 0.329 e. The second kappa shape index (κ2) is 6.75. The van der Waals surface area contributed by atoms with Crippen molar-refractivity contribution >= 4 is 13.5 Å². The van der Waals surface area contributed by atoms with Crippen molar-refractivity contribution in [1.82, 2.24) is 0 Å². The van der Waals surface area contributed by atoms with Crippen LogP contribution in [0.3, 0.4) is 0 Å². The molecular formula is C9H22N2S. The van der Waals surface area contributed by atoms with E-state index in [2.05, 4.69) is 0 Å². The van der Waals surface area contributed by atoms with Gasteiger partial charge in [-0.3, -0.25) is 0 Å². The van der Waals surface area contributed by atoms with Gasteiger partial charge in [-0.05, 0) is 12.3 Å². The standard InChI is InChI=1S/C9H20N2.H2S/c10-7-9(11)6-8-4-2-1-3-5-8;/h8-9H,1-7,10-11H2;1H2/t9-;/m0./s1. The normalized spacial score (nSPS) is 21.5. The molecule has 2 nitrogen and oxygen atoms in total. The molecule has 0 radical (unpaired) electrons. The first-order chi connectivity index (χ1) is 5.33. The highest BCUT2D eigenvalue weighted by atomic mass is 32.1. The molecule has 3 heteroatoms. The van der Waals surface area contributed by atoms with Crippen LogP contribution >= 0.6 is 13.5 Å². The maximum Gasteiger partial charge on any atom is 0.0165 e. The van der Waals surface area contributed by atoms with Crippen LogP contribution in [0.25, 0.3) is 0 Å². The van der Waals surface area contributed by atoms with Crippen molar-refractivity contribution in [1.29, 1.82) is 0 Å². The first-order valence-corrected chi connectivity index (χ1v) is 4.78. The predicted octanol–water partition coefficient (Wildman–Crippen LogP) is 1.36. The lowest BCUT2D eigenvalue weighted by Gasteiger charge is -2.23. The molecular weight excluding hydrogens is 168 g/mol. The molecule has 0 aromatic rings. The van der Waals surface area contributed by atoms with Crippen LogP contribution < -0.4 is 11.5 Å². The van der Waals surface area contributed by atoms with Gasteiger partial charge in [0.15, 0.2) is 0 Å². The van der Waals surface area contributed by atoms with Gasteiger partial charge in [-0.25, -0.2) is 0 Å². The Morgan fingerprint density at radius 2 is 1.75 bits per heavy atom. The van der Waals surface area contributed by atoms with Gasteiger partial charge in [0, 0.05) is 12.6 Å². The molecule has 0 bridgehead atoms. The van der Waals surface area contributed by atoms with E-state index in [4.69, 9.17) is 11.5 Å². The Hall–Kier alpha value is 0.270. The van der Waals surface area contributed by atoms with Crippen molar-refractivity contribution < 1.29 is 0 Å². The summed E-state index contributed by atoms with van der Waals surface area (Å²) in [6, 6.07) is 0.248. The van der Waals surface area contributed by atoms with Gasteiger partial charge in [-0.1, -0.05) is 32.1 Å². The maximum absolute atomic E-state index is 5.78. The molecule has 0 spiro atoms. The molecule has 0 unspecified atom stereocenters. The lowest BCUT2D eigenvalue weighted by molar-refractivity contribution is 0.319. The summed E-state index contributed by atoms with van der Waals surface area (Å²) < 4.78 is 0. The summed E-state index contributed by atoms with van der Waals surface area (Å²) in [7, 11) is 0. The molecule has 1 fully saturated rings. The molecule has 0 amide bonds. The van der Waals surface area contributed by atoms with E-state index in [1.807, 2.05) is 0 Å². The van der Waals surface area contributed by atoms with Crippen LogP contribution in [0.1, 0.15) is 38.5 Å². The highest BCUT2D eigenvalue weighted by Gasteiger charge is 2.15. The van der Waals surface area contributed by atoms with Crippen molar-refractivity contribution in [2.75, 3.05) is 6.54 Å². The summed E-state index contributed by atoms with van der Waals surface area (Å²) in [4.78, 5) is 0. The third kappa shape index (κ3) is 4.33. The quantitative estimate of drug-likeness (QED) is 0.706. The Balaban J connectivity index is 0.00000121. The minimum atomic E-state index is 0. The molecule has 1 rings (SSSR count). The zero-order valence-electron chi connectivity index (χ0n) is 7.76. The van der Waals surface area contributed by atoms with E-state index in [-0.39, 0.29) is 19.5 Å². The van der Waals surface area contributed by atoms with Crippen molar-refractivity contribution in [3.8, 4) is 0 Å². The van der Waals surface area contributed by atoms with Gasteiger partial charge in [-0.15, -0.1) is 0 Å². The topological polar surface area (TPSA) is 52.0 Å². The van der Waals surface area contributed by atoms with Crippen molar-refractivity contribution in [3.63, 3.8) is 0 Å². The smallest absolute Gasteiger partial charge is 0.0165 e. The van der Waals surface area contributed by atoms with E-state index in [9.17, 15) is 0 Å². The predicted molar refractivity (Wildman–Crippen MR) is 58.6 cm³/mol. The van der Waals surface area contributed by atoms with Gasteiger partial charge in [-0.2, -0.15) is 13.5 Å². The SMILES string of the molecule is NC[C@@H](N)CC1CCCCC1.S. The van der Waals surface area contributed by atoms with Crippen molar-refractivity contribution in [2.45, 2.75) is 44.6 Å². The van der Waals surface area contributed by atoms with Gasteiger partial charge in [0.1, 0.15) is 0 Å². The second-order valence-corrected chi connectivity index (χ2v) is 3.74. The Labute approximate surface area is 82.5 Å². The van der Waals surface area contributed by atoms with Crippen LogP contribution in [0, 0.1) is 5.92 Å². The fourth-order valence-electron chi connectivity index (χ4n) is 1.95. The van der Waals surface area contributed by atoms with Gasteiger partial charge in [0.2, 0.25) is 0 Å². The fraction of sp³-hybridized carbons (Fsp3) is 1.00. The molecule has 0 saturated heterocycles. The molecule has 1 atom stereocenters. The molecule has 0 aliphatic heterocycles. The van der Waals surface area contributed by atoms with Gasteiger partial charge in [0.05, 0.1) is 0 Å². The van der Waals surface area contributed by atoms with Crippen LogP contribution in [0.4, 0.5) is 0 Å². The zero-order chi connectivity index (χ0) is 8.10. The fourth-order valence-corrected chi connectivity index (χ4v) is 1.95. The summed E-state index contributed by atoms with van der Waals surface area (Å²) in [5.41, 5.74) is 11.2. The van der Waals surface area contributed by atoms with E-state index in [1.165, 1.54) is 32.1 Å². The van der Waals surface area contributed by atoms with Crippen LogP contribution in [0.5, 0.6) is 0 Å². The number of rotatable bonds is 3. The highest BCUT2D eigenvalue weighted by Crippen LogP contribution is 2.26. The third-order valence-corrected chi connectivity index (χ3v) is 2.66. The monoisotopic (exact) mass is 190 g/mol. The Bertz CT molecular complexity index is 103. The Morgan fingerprint density at radius 3 is 2.25 bits per heavy atom. The maximum atomic E-state index is 5.78. The first-order valence-electron chi connectivity index (χ1n) is 4.78. The number of hydrogen-bond acceptors (Lipinski definition) is 2. The van der Waals surface area contributed by atoms with E-state index in [0.717, 1.165) is 12.3 Å². The van der Waals surface area contributed by atoms with E-state index in [1.54, 1.807) is 0 Å². The van der Waals surface area contributed by atoms with E-state index in [0.29, 0.717) is 6.54 Å². The van der Waals surface area contributed by atoms with Crippen LogP contribution in [0.15, 0.2) is 0 Å². The lowest BCUT2D eigenvalue weighted by atomic mass is 9.85. The Kier molecular flexibility index (Phi) is 6.90. The molecule has 0 heterocycles. The summed E-state index contributed by atoms with van der Waals surface area (Å²) >= 11 is 0. The summed E-state index contributed by atoms with van der Waals surface area (Å²) in [5.74, 6) is 0.877. The van der Waals surface area contributed by atoms with Crippen molar-refractivity contribution in [3.05, 3.63) is 0 Å². The van der Waals surface area contributed by atoms with Gasteiger partial charge < -0.3 is 11.5 Å². The third-order valence-electron chi connectivity index (χ3n) is 2.66. The first kappa shape index (κ1) is 12.3. The molecule has 74 valence electrons. The second-order valence-electron chi connectivity index (χ2n) is 3.74. The van der Waals surface area contributed by atoms with Gasteiger partial charge in [0.25, 0.3) is 0 Å². The average Bonchev–Trinajstić information content (AvgIpc) is 2.06. The average molecular weight is 190 g/mol.